The number of aryl methyl sites for hydroxylation is 1. The van der Waals surface area contributed by atoms with Gasteiger partial charge < -0.3 is 25.2 Å². The molecule has 182 valence electrons. The Hall–Kier alpha value is -2.17. The van der Waals surface area contributed by atoms with Gasteiger partial charge in [-0.2, -0.15) is 13.2 Å². The highest BCUT2D eigenvalue weighted by molar-refractivity contribution is 5.33. The van der Waals surface area contributed by atoms with Crippen LogP contribution in [0.1, 0.15) is 29.5 Å². The smallest absolute Gasteiger partial charge is 0.416 e. The first-order valence-corrected chi connectivity index (χ1v) is 11.0. The molecule has 0 unspecified atom stereocenters. The number of hydrogen-bond donors (Lipinski definition) is 4. The second-order valence-corrected chi connectivity index (χ2v) is 8.42. The number of β-amino-alcohol motifs (C(OH)–C–C–N with tert-alkyl or cyclic N) is 1. The maximum atomic E-state index is 13.1. The average molecular weight is 470 g/mol. The molecule has 2 aromatic rings. The van der Waals surface area contributed by atoms with Crippen LogP contribution in [0.4, 0.5) is 13.2 Å². The number of rotatable bonds is 2. The molecule has 3 rings (SSSR count). The van der Waals surface area contributed by atoms with Gasteiger partial charge in [0.05, 0.1) is 11.7 Å². The second kappa shape index (κ2) is 11.3. The predicted octanol–water partition coefficient (Wildman–Crippen LogP) is 2.37. The van der Waals surface area contributed by atoms with Gasteiger partial charge in [0.15, 0.2) is 0 Å². The Kier molecular flexibility index (Phi) is 8.72. The fourth-order valence-corrected chi connectivity index (χ4v) is 3.94. The lowest BCUT2D eigenvalue weighted by molar-refractivity contribution is -0.137. The highest BCUT2D eigenvalue weighted by Crippen LogP contribution is 2.30. The number of fused-ring (bicyclic) bond motifs is 1. The quantitative estimate of drug-likeness (QED) is 0.540. The topological polar surface area (TPSA) is 93.4 Å². The fraction of sp³-hybridized carbons (Fsp3) is 0.500. The molecule has 0 amide bonds. The van der Waals surface area contributed by atoms with E-state index < -0.39 is 36.2 Å². The van der Waals surface area contributed by atoms with Crippen molar-refractivity contribution in [2.24, 2.45) is 0 Å². The molecule has 1 aliphatic heterocycles. The SMILES string of the molecule is O[C@H]1[C@H](O)[C@@H](O)CN(Cc2cccc(C(F)(F)F)c2)CCCCc2ccccc2OC[C@H]1O. The van der Waals surface area contributed by atoms with Crippen LogP contribution in [-0.2, 0) is 19.1 Å². The summed E-state index contributed by atoms with van der Waals surface area (Å²) in [5.41, 5.74) is 0.603. The third kappa shape index (κ3) is 7.15. The van der Waals surface area contributed by atoms with Crippen molar-refractivity contribution in [2.75, 3.05) is 19.7 Å². The Morgan fingerprint density at radius 1 is 0.909 bits per heavy atom. The van der Waals surface area contributed by atoms with E-state index in [-0.39, 0.29) is 19.7 Å². The first-order chi connectivity index (χ1) is 15.6. The fourth-order valence-electron chi connectivity index (χ4n) is 3.94. The first-order valence-electron chi connectivity index (χ1n) is 11.0. The molecule has 0 aliphatic carbocycles. The summed E-state index contributed by atoms with van der Waals surface area (Å²) >= 11 is 0. The largest absolute Gasteiger partial charge is 0.491 e. The van der Waals surface area contributed by atoms with Crippen LogP contribution < -0.4 is 4.74 Å². The molecule has 0 bridgehead atoms. The van der Waals surface area contributed by atoms with Crippen molar-refractivity contribution in [2.45, 2.75) is 56.4 Å². The average Bonchev–Trinajstić information content (AvgIpc) is 2.78. The summed E-state index contributed by atoms with van der Waals surface area (Å²) in [6.07, 6.45) is -8.49. The summed E-state index contributed by atoms with van der Waals surface area (Å²) in [4.78, 5) is 1.75. The number of aliphatic hydroxyl groups excluding tert-OH is 4. The van der Waals surface area contributed by atoms with Crippen LogP contribution in [0.5, 0.6) is 5.75 Å². The number of hydrogen-bond acceptors (Lipinski definition) is 6. The molecule has 0 aromatic heterocycles. The van der Waals surface area contributed by atoms with Crippen molar-refractivity contribution in [1.82, 2.24) is 4.90 Å². The number of aliphatic hydroxyl groups is 4. The lowest BCUT2D eigenvalue weighted by atomic mass is 10.0. The van der Waals surface area contributed by atoms with E-state index in [9.17, 15) is 33.6 Å². The molecular formula is C24H30F3NO5. The Morgan fingerprint density at radius 3 is 2.39 bits per heavy atom. The number of alkyl halides is 3. The lowest BCUT2D eigenvalue weighted by Gasteiger charge is -2.31. The molecule has 6 nitrogen and oxygen atoms in total. The zero-order valence-corrected chi connectivity index (χ0v) is 18.2. The summed E-state index contributed by atoms with van der Waals surface area (Å²) in [6.45, 7) is 0.238. The molecule has 4 N–H and O–H groups in total. The monoisotopic (exact) mass is 469 g/mol. The third-order valence-electron chi connectivity index (χ3n) is 5.80. The van der Waals surface area contributed by atoms with Crippen molar-refractivity contribution in [3.05, 3.63) is 65.2 Å². The molecule has 0 fully saturated rings. The maximum Gasteiger partial charge on any atom is 0.416 e. The Morgan fingerprint density at radius 2 is 1.64 bits per heavy atom. The molecule has 33 heavy (non-hydrogen) atoms. The van der Waals surface area contributed by atoms with Gasteiger partial charge >= 0.3 is 6.18 Å². The Bertz CT molecular complexity index is 894. The molecule has 0 radical (unpaired) electrons. The highest BCUT2D eigenvalue weighted by Gasteiger charge is 2.33. The molecular weight excluding hydrogens is 439 g/mol. The third-order valence-corrected chi connectivity index (χ3v) is 5.80. The standard InChI is InChI=1S/C24H30F3NO5/c25-24(26,27)18-9-5-6-16(12-18)13-28-11-4-3-8-17-7-1-2-10-21(17)33-15-20(30)23(32)22(31)19(29)14-28/h1-2,5-7,9-10,12,19-20,22-23,29-32H,3-4,8,11,13-15H2/t19-,20+,22+,23+/m0/s1. The van der Waals surface area contributed by atoms with Crippen molar-refractivity contribution >= 4 is 0 Å². The molecule has 0 saturated heterocycles. The lowest BCUT2D eigenvalue weighted by Crippen LogP contribution is -2.50. The van der Waals surface area contributed by atoms with E-state index in [4.69, 9.17) is 4.74 Å². The zero-order chi connectivity index (χ0) is 24.0. The Labute approximate surface area is 190 Å². The minimum absolute atomic E-state index is 0.0847. The van der Waals surface area contributed by atoms with Gasteiger partial charge in [0.25, 0.3) is 0 Å². The molecule has 2 aromatic carbocycles. The van der Waals surface area contributed by atoms with E-state index in [2.05, 4.69) is 0 Å². The minimum Gasteiger partial charge on any atom is -0.491 e. The van der Waals surface area contributed by atoms with Gasteiger partial charge in [0, 0.05) is 13.1 Å². The summed E-state index contributed by atoms with van der Waals surface area (Å²) in [5, 5.41) is 41.4. The van der Waals surface area contributed by atoms with Crippen LogP contribution in [0.25, 0.3) is 0 Å². The molecule has 9 heteroatoms. The summed E-state index contributed by atoms with van der Waals surface area (Å²) in [7, 11) is 0. The van der Waals surface area contributed by atoms with E-state index in [1.54, 1.807) is 23.1 Å². The van der Waals surface area contributed by atoms with Gasteiger partial charge in [-0.3, -0.25) is 4.90 Å². The molecule has 0 spiro atoms. The minimum atomic E-state index is -4.46. The zero-order valence-electron chi connectivity index (χ0n) is 18.2. The number of para-hydroxylation sites is 1. The van der Waals surface area contributed by atoms with Crippen LogP contribution in [0.2, 0.25) is 0 Å². The number of ether oxygens (including phenoxy) is 1. The van der Waals surface area contributed by atoms with Crippen molar-refractivity contribution in [3.8, 4) is 5.75 Å². The van der Waals surface area contributed by atoms with E-state index >= 15 is 0 Å². The van der Waals surface area contributed by atoms with Crippen LogP contribution in [0.3, 0.4) is 0 Å². The van der Waals surface area contributed by atoms with E-state index in [0.29, 0.717) is 30.7 Å². The number of benzene rings is 2. The van der Waals surface area contributed by atoms with Crippen LogP contribution in [0, 0.1) is 0 Å². The molecule has 1 aliphatic rings. The van der Waals surface area contributed by atoms with Gasteiger partial charge in [0.1, 0.15) is 30.7 Å². The second-order valence-electron chi connectivity index (χ2n) is 8.42. The van der Waals surface area contributed by atoms with E-state index in [1.807, 2.05) is 12.1 Å². The van der Waals surface area contributed by atoms with Gasteiger partial charge in [-0.1, -0.05) is 36.4 Å². The van der Waals surface area contributed by atoms with Gasteiger partial charge in [0.2, 0.25) is 0 Å². The number of nitrogens with zero attached hydrogens (tertiary/aromatic N) is 1. The van der Waals surface area contributed by atoms with Crippen molar-refractivity contribution in [3.63, 3.8) is 0 Å². The van der Waals surface area contributed by atoms with Crippen LogP contribution >= 0.6 is 0 Å². The first kappa shape index (κ1) is 25.5. The van der Waals surface area contributed by atoms with Gasteiger partial charge in [-0.05, 0) is 49.1 Å². The summed E-state index contributed by atoms with van der Waals surface area (Å²) < 4.78 is 44.9. The normalized spacial score (nSPS) is 26.2. The van der Waals surface area contributed by atoms with Crippen LogP contribution in [0.15, 0.2) is 48.5 Å². The van der Waals surface area contributed by atoms with Crippen molar-refractivity contribution in [1.29, 1.82) is 0 Å². The van der Waals surface area contributed by atoms with Crippen LogP contribution in [-0.4, -0.2) is 69.4 Å². The Balaban J connectivity index is 1.79. The highest BCUT2D eigenvalue weighted by atomic mass is 19.4. The van der Waals surface area contributed by atoms with Gasteiger partial charge in [-0.15, -0.1) is 0 Å². The van der Waals surface area contributed by atoms with E-state index in [0.717, 1.165) is 24.1 Å². The molecule has 1 heterocycles. The predicted molar refractivity (Wildman–Crippen MR) is 116 cm³/mol. The van der Waals surface area contributed by atoms with E-state index in [1.165, 1.54) is 6.07 Å². The molecule has 0 saturated carbocycles. The van der Waals surface area contributed by atoms with Gasteiger partial charge in [-0.25, -0.2) is 0 Å². The summed E-state index contributed by atoms with van der Waals surface area (Å²) in [6, 6.07) is 12.3. The number of halogens is 3. The summed E-state index contributed by atoms with van der Waals surface area (Å²) in [5.74, 6) is 0.566. The molecule has 4 atom stereocenters. The van der Waals surface area contributed by atoms with Crippen molar-refractivity contribution < 1.29 is 38.3 Å². The maximum absolute atomic E-state index is 13.1.